The van der Waals surface area contributed by atoms with Crippen LogP contribution in [0.1, 0.15) is 37.4 Å². The summed E-state index contributed by atoms with van der Waals surface area (Å²) < 4.78 is 37.7. The largest absolute Gasteiger partial charge is 0.434 e. The van der Waals surface area contributed by atoms with Gasteiger partial charge in [-0.05, 0) is 38.8 Å². The lowest BCUT2D eigenvalue weighted by atomic mass is 10.1. The molecule has 1 saturated heterocycles. The third kappa shape index (κ3) is 7.55. The topological polar surface area (TPSA) is 52.5 Å². The number of nitrogens with one attached hydrogen (secondary N) is 2. The Labute approximate surface area is 173 Å². The fraction of sp³-hybridized carbons (Fsp3) is 0.750. The highest BCUT2D eigenvalue weighted by Crippen LogP contribution is 2.30. The van der Waals surface area contributed by atoms with Crippen LogP contribution in [0.3, 0.4) is 0 Å². The van der Waals surface area contributed by atoms with Gasteiger partial charge in [-0.3, -0.25) is 0 Å². The first-order valence-electron chi connectivity index (χ1n) is 8.68. The summed E-state index contributed by atoms with van der Waals surface area (Å²) in [6.45, 7) is 9.15. The molecule has 0 spiro atoms. The molecule has 0 radical (unpaired) electrons. The Morgan fingerprint density at radius 2 is 2.15 bits per heavy atom. The van der Waals surface area contributed by atoms with Crippen molar-refractivity contribution in [3.8, 4) is 0 Å². The summed E-state index contributed by atoms with van der Waals surface area (Å²) in [5.41, 5.74) is -0.845. The molecule has 2 N–H and O–H groups in total. The molecule has 0 amide bonds. The number of rotatable bonds is 7. The minimum atomic E-state index is -4.39. The van der Waals surface area contributed by atoms with Crippen molar-refractivity contribution in [2.45, 2.75) is 39.4 Å². The molecule has 1 aliphatic rings. The Kier molecular flexibility index (Phi) is 10.2. The van der Waals surface area contributed by atoms with Crippen LogP contribution in [-0.2, 0) is 12.7 Å². The molecule has 5 nitrogen and oxygen atoms in total. The lowest BCUT2D eigenvalue weighted by Gasteiger charge is -2.16. The fourth-order valence-corrected chi connectivity index (χ4v) is 3.57. The van der Waals surface area contributed by atoms with Gasteiger partial charge < -0.3 is 15.5 Å². The first-order valence-corrected chi connectivity index (χ1v) is 9.56. The molecule has 0 saturated carbocycles. The molecule has 1 aromatic rings. The van der Waals surface area contributed by atoms with Crippen molar-refractivity contribution in [1.82, 2.24) is 20.5 Å². The summed E-state index contributed by atoms with van der Waals surface area (Å²) in [5.74, 6) is 1.20. The van der Waals surface area contributed by atoms with Crippen LogP contribution in [0.15, 0.2) is 10.4 Å². The van der Waals surface area contributed by atoms with Crippen molar-refractivity contribution in [1.29, 1.82) is 0 Å². The number of nitrogens with zero attached hydrogens (tertiary/aromatic N) is 3. The standard InChI is InChI=1S/C16H26F3N5S.HI/c1-3-6-24-7-5-12(10-24)8-21-15(20-4-2)22-9-14-23-13(11-25-14)16(17,18)19;/h11-12H,3-10H2,1-2H3,(H2,20,21,22);1H. The van der Waals surface area contributed by atoms with E-state index in [1.54, 1.807) is 0 Å². The van der Waals surface area contributed by atoms with E-state index in [4.69, 9.17) is 0 Å². The zero-order valence-electron chi connectivity index (χ0n) is 15.1. The second-order valence-electron chi connectivity index (χ2n) is 6.16. The monoisotopic (exact) mass is 505 g/mol. The first-order chi connectivity index (χ1) is 11.9. The second-order valence-corrected chi connectivity index (χ2v) is 7.10. The van der Waals surface area contributed by atoms with E-state index in [0.29, 0.717) is 23.4 Å². The molecular weight excluding hydrogens is 478 g/mol. The number of halogens is 4. The molecule has 0 aliphatic carbocycles. The van der Waals surface area contributed by atoms with E-state index in [-0.39, 0.29) is 30.5 Å². The molecule has 1 atom stereocenters. The van der Waals surface area contributed by atoms with Crippen LogP contribution < -0.4 is 10.6 Å². The molecule has 2 rings (SSSR count). The highest BCUT2D eigenvalue weighted by atomic mass is 127. The molecule has 1 aromatic heterocycles. The van der Waals surface area contributed by atoms with Crippen LogP contribution in [0.25, 0.3) is 0 Å². The number of guanidine groups is 1. The number of hydrogen-bond acceptors (Lipinski definition) is 4. The maximum atomic E-state index is 12.6. The summed E-state index contributed by atoms with van der Waals surface area (Å²) >= 11 is 0.985. The highest BCUT2D eigenvalue weighted by molar-refractivity contribution is 14.0. The number of hydrogen-bond donors (Lipinski definition) is 2. The zero-order valence-corrected chi connectivity index (χ0v) is 18.3. The van der Waals surface area contributed by atoms with Gasteiger partial charge in [0, 0.05) is 25.0 Å². The van der Waals surface area contributed by atoms with Gasteiger partial charge in [-0.2, -0.15) is 13.2 Å². The van der Waals surface area contributed by atoms with Crippen LogP contribution in [0, 0.1) is 5.92 Å². The van der Waals surface area contributed by atoms with Crippen molar-refractivity contribution < 1.29 is 13.2 Å². The van der Waals surface area contributed by atoms with E-state index in [9.17, 15) is 13.2 Å². The molecule has 26 heavy (non-hydrogen) atoms. The van der Waals surface area contributed by atoms with Crippen LogP contribution in [-0.4, -0.2) is 48.6 Å². The Bertz CT molecular complexity index is 564. The van der Waals surface area contributed by atoms with Crippen molar-refractivity contribution in [3.05, 3.63) is 16.1 Å². The smallest absolute Gasteiger partial charge is 0.357 e. The zero-order chi connectivity index (χ0) is 18.3. The van der Waals surface area contributed by atoms with Crippen LogP contribution in [0.4, 0.5) is 13.2 Å². The van der Waals surface area contributed by atoms with Crippen LogP contribution in [0.2, 0.25) is 0 Å². The van der Waals surface area contributed by atoms with E-state index in [1.165, 1.54) is 0 Å². The molecular formula is C16H27F3IN5S. The van der Waals surface area contributed by atoms with Crippen LogP contribution >= 0.6 is 35.3 Å². The van der Waals surface area contributed by atoms with E-state index in [1.807, 2.05) is 6.92 Å². The quantitative estimate of drug-likeness (QED) is 0.338. The fourth-order valence-electron chi connectivity index (χ4n) is 2.84. The normalized spacial score (nSPS) is 18.7. The third-order valence-electron chi connectivity index (χ3n) is 4.03. The molecule has 0 aromatic carbocycles. The van der Waals surface area contributed by atoms with Gasteiger partial charge in [-0.25, -0.2) is 9.98 Å². The SMILES string of the molecule is CCCN1CCC(CNC(=NCc2nc(C(F)(F)F)cs2)NCC)C1.I. The molecule has 1 fully saturated rings. The first kappa shape index (κ1) is 23.4. The predicted octanol–water partition coefficient (Wildman–Crippen LogP) is 3.57. The molecule has 0 bridgehead atoms. The van der Waals surface area contributed by atoms with E-state index in [2.05, 4.69) is 32.4 Å². The highest BCUT2D eigenvalue weighted by Gasteiger charge is 2.33. The van der Waals surface area contributed by atoms with Crippen LogP contribution in [0.5, 0.6) is 0 Å². The van der Waals surface area contributed by atoms with Gasteiger partial charge in [0.05, 0.1) is 6.54 Å². The third-order valence-corrected chi connectivity index (χ3v) is 4.86. The predicted molar refractivity (Wildman–Crippen MR) is 110 cm³/mol. The number of aromatic nitrogens is 1. The minimum absolute atomic E-state index is 0. The molecule has 150 valence electrons. The average molecular weight is 505 g/mol. The van der Waals surface area contributed by atoms with E-state index in [0.717, 1.165) is 55.7 Å². The number of likely N-dealkylation sites (tertiary alicyclic amines) is 1. The van der Waals surface area contributed by atoms with Crippen molar-refractivity contribution >= 4 is 41.3 Å². The van der Waals surface area contributed by atoms with Gasteiger partial charge >= 0.3 is 6.18 Å². The summed E-state index contributed by atoms with van der Waals surface area (Å²) in [6.07, 6.45) is -2.07. The van der Waals surface area contributed by atoms with Gasteiger partial charge in [0.15, 0.2) is 11.7 Å². The molecule has 1 aliphatic heterocycles. The lowest BCUT2D eigenvalue weighted by Crippen LogP contribution is -2.40. The second kappa shape index (κ2) is 11.3. The number of aliphatic imine (C=N–C) groups is 1. The van der Waals surface area contributed by atoms with E-state index < -0.39 is 11.9 Å². The minimum Gasteiger partial charge on any atom is -0.357 e. The van der Waals surface area contributed by atoms with Gasteiger partial charge in [0.1, 0.15) is 5.01 Å². The van der Waals surface area contributed by atoms with Crippen molar-refractivity contribution in [2.24, 2.45) is 10.9 Å². The molecule has 1 unspecified atom stereocenters. The van der Waals surface area contributed by atoms with Gasteiger partial charge in [-0.15, -0.1) is 35.3 Å². The Balaban J connectivity index is 0.00000338. The molecule has 10 heteroatoms. The Morgan fingerprint density at radius 1 is 1.38 bits per heavy atom. The lowest BCUT2D eigenvalue weighted by molar-refractivity contribution is -0.140. The summed E-state index contributed by atoms with van der Waals surface area (Å²) in [5, 5.41) is 7.82. The maximum absolute atomic E-state index is 12.6. The average Bonchev–Trinajstić information content (AvgIpc) is 3.19. The number of thiazole rings is 1. The maximum Gasteiger partial charge on any atom is 0.434 e. The van der Waals surface area contributed by atoms with Gasteiger partial charge in [-0.1, -0.05) is 6.92 Å². The summed E-state index contributed by atoms with van der Waals surface area (Å²) in [7, 11) is 0. The Hall–Kier alpha value is -0.620. The summed E-state index contributed by atoms with van der Waals surface area (Å²) in [6, 6.07) is 0. The van der Waals surface area contributed by atoms with Gasteiger partial charge in [0.2, 0.25) is 0 Å². The van der Waals surface area contributed by atoms with Crippen molar-refractivity contribution in [3.63, 3.8) is 0 Å². The summed E-state index contributed by atoms with van der Waals surface area (Å²) in [4.78, 5) is 10.4. The Morgan fingerprint density at radius 3 is 2.77 bits per heavy atom. The molecule has 2 heterocycles. The number of alkyl halides is 3. The van der Waals surface area contributed by atoms with E-state index >= 15 is 0 Å². The van der Waals surface area contributed by atoms with Gasteiger partial charge in [0.25, 0.3) is 0 Å². The van der Waals surface area contributed by atoms with Crippen molar-refractivity contribution in [2.75, 3.05) is 32.7 Å².